The third-order valence-corrected chi connectivity index (χ3v) is 2.38. The number of carbonyl (C=O) groups is 1. The van der Waals surface area contributed by atoms with Gasteiger partial charge in [0.25, 0.3) is 0 Å². The van der Waals surface area contributed by atoms with Crippen LogP contribution in [0, 0.1) is 0 Å². The number of halogens is 1. The van der Waals surface area contributed by atoms with Crippen molar-refractivity contribution in [2.75, 3.05) is 7.11 Å². The smallest absolute Gasteiger partial charge is 0.337 e. The van der Waals surface area contributed by atoms with E-state index in [1.165, 1.54) is 18.2 Å². The zero-order valence-electron chi connectivity index (χ0n) is 8.42. The fourth-order valence-corrected chi connectivity index (χ4v) is 1.37. The number of para-hydroxylation sites is 1. The van der Waals surface area contributed by atoms with Crippen molar-refractivity contribution in [3.63, 3.8) is 0 Å². The Kier molecular flexibility index (Phi) is 4.12. The topological polar surface area (TPSA) is 87.0 Å². The molecule has 1 aromatic carbocycles. The van der Waals surface area contributed by atoms with Crippen LogP contribution < -0.4 is 0 Å². The van der Waals surface area contributed by atoms with Crippen molar-refractivity contribution in [3.8, 4) is 5.75 Å². The fourth-order valence-electron chi connectivity index (χ4n) is 1.19. The van der Waals surface area contributed by atoms with E-state index < -0.39 is 18.2 Å². The van der Waals surface area contributed by atoms with Gasteiger partial charge in [-0.3, -0.25) is 0 Å². The van der Waals surface area contributed by atoms with Crippen LogP contribution >= 0.6 is 11.6 Å². The zero-order chi connectivity index (χ0) is 12.3. The Labute approximate surface area is 96.9 Å². The number of esters is 1. The first-order chi connectivity index (χ1) is 7.49. The van der Waals surface area contributed by atoms with E-state index in [0.717, 1.165) is 7.11 Å². The van der Waals surface area contributed by atoms with Gasteiger partial charge in [-0.05, 0) is 6.07 Å². The molecule has 0 aliphatic carbocycles. The molecule has 0 bridgehead atoms. The van der Waals surface area contributed by atoms with Crippen LogP contribution in [0.4, 0.5) is 0 Å². The van der Waals surface area contributed by atoms with E-state index >= 15 is 0 Å². The quantitative estimate of drug-likeness (QED) is 0.681. The molecule has 88 valence electrons. The molecule has 0 saturated carbocycles. The molecular formula is C10H11ClO5. The molecule has 0 spiro atoms. The number of hydrogen-bond acceptors (Lipinski definition) is 5. The van der Waals surface area contributed by atoms with Crippen LogP contribution in [0.15, 0.2) is 18.2 Å². The van der Waals surface area contributed by atoms with Gasteiger partial charge in [-0.1, -0.05) is 23.7 Å². The molecule has 0 fully saturated rings. The number of ether oxygens (including phenoxy) is 1. The second-order valence-corrected chi connectivity index (χ2v) is 3.50. The van der Waals surface area contributed by atoms with E-state index in [0.29, 0.717) is 0 Å². The Morgan fingerprint density at radius 1 is 1.44 bits per heavy atom. The number of methoxy groups -OCH3 is 1. The summed E-state index contributed by atoms with van der Waals surface area (Å²) in [7, 11) is 1.08. The molecule has 0 aliphatic heterocycles. The van der Waals surface area contributed by atoms with Gasteiger partial charge in [-0.2, -0.15) is 0 Å². The van der Waals surface area contributed by atoms with Gasteiger partial charge in [0.2, 0.25) is 0 Å². The monoisotopic (exact) mass is 246 g/mol. The predicted molar refractivity (Wildman–Crippen MR) is 56.1 cm³/mol. The Morgan fingerprint density at radius 2 is 2.06 bits per heavy atom. The van der Waals surface area contributed by atoms with Crippen LogP contribution in [-0.4, -0.2) is 34.5 Å². The molecule has 2 unspecified atom stereocenters. The summed E-state index contributed by atoms with van der Waals surface area (Å²) in [5.41, 5.74) is -0.0367. The fraction of sp³-hybridized carbons (Fsp3) is 0.300. The van der Waals surface area contributed by atoms with Crippen molar-refractivity contribution in [2.45, 2.75) is 12.2 Å². The highest BCUT2D eigenvalue weighted by atomic mass is 35.5. The Hall–Kier alpha value is -1.30. The Bertz CT molecular complexity index is 393. The van der Waals surface area contributed by atoms with Crippen LogP contribution in [0.5, 0.6) is 5.75 Å². The number of carbonyl (C=O) groups excluding carboxylic acids is 1. The molecule has 3 N–H and O–H groups in total. The average Bonchev–Trinajstić information content (AvgIpc) is 2.29. The second-order valence-electron chi connectivity index (χ2n) is 3.09. The van der Waals surface area contributed by atoms with Gasteiger partial charge in [-0.15, -0.1) is 0 Å². The molecule has 1 aromatic rings. The maximum Gasteiger partial charge on any atom is 0.337 e. The first kappa shape index (κ1) is 12.8. The molecule has 0 amide bonds. The molecule has 0 aromatic heterocycles. The lowest BCUT2D eigenvalue weighted by atomic mass is 10.0. The third-order valence-electron chi connectivity index (χ3n) is 2.08. The number of hydrogen-bond donors (Lipinski definition) is 3. The highest BCUT2D eigenvalue weighted by molar-refractivity contribution is 6.32. The largest absolute Gasteiger partial charge is 0.506 e. The maximum absolute atomic E-state index is 11.0. The van der Waals surface area contributed by atoms with E-state index in [1.807, 2.05) is 0 Å². The van der Waals surface area contributed by atoms with E-state index in [9.17, 15) is 20.1 Å². The van der Waals surface area contributed by atoms with Crippen molar-refractivity contribution < 1.29 is 24.9 Å². The highest BCUT2D eigenvalue weighted by Crippen LogP contribution is 2.32. The van der Waals surface area contributed by atoms with Gasteiger partial charge in [0.1, 0.15) is 11.9 Å². The van der Waals surface area contributed by atoms with Gasteiger partial charge >= 0.3 is 5.97 Å². The minimum absolute atomic E-state index is 0.0219. The summed E-state index contributed by atoms with van der Waals surface area (Å²) in [4.78, 5) is 11.0. The van der Waals surface area contributed by atoms with E-state index in [-0.39, 0.29) is 16.3 Å². The van der Waals surface area contributed by atoms with E-state index in [1.54, 1.807) is 0 Å². The molecule has 1 rings (SSSR count). The van der Waals surface area contributed by atoms with Crippen molar-refractivity contribution >= 4 is 17.6 Å². The summed E-state index contributed by atoms with van der Waals surface area (Å²) in [6.45, 7) is 0. The Morgan fingerprint density at radius 3 is 2.62 bits per heavy atom. The van der Waals surface area contributed by atoms with Crippen molar-refractivity contribution in [3.05, 3.63) is 28.8 Å². The Balaban J connectivity index is 3.00. The summed E-state index contributed by atoms with van der Waals surface area (Å²) in [6, 6.07) is 4.24. The molecule has 0 saturated heterocycles. The van der Waals surface area contributed by atoms with Crippen LogP contribution in [0.25, 0.3) is 0 Å². The predicted octanol–water partition coefficient (Wildman–Crippen LogP) is 0.613. The third kappa shape index (κ3) is 2.44. The van der Waals surface area contributed by atoms with Gasteiger partial charge in [0.05, 0.1) is 12.1 Å². The van der Waals surface area contributed by atoms with Crippen LogP contribution in [0.1, 0.15) is 11.7 Å². The number of aliphatic hydroxyl groups is 2. The molecule has 5 nitrogen and oxygen atoms in total. The number of aliphatic hydroxyl groups excluding tert-OH is 2. The zero-order valence-corrected chi connectivity index (χ0v) is 9.18. The van der Waals surface area contributed by atoms with Crippen molar-refractivity contribution in [1.82, 2.24) is 0 Å². The van der Waals surface area contributed by atoms with Gasteiger partial charge < -0.3 is 20.1 Å². The number of phenolic OH excluding ortho intramolecular Hbond substituents is 1. The molecule has 2 atom stereocenters. The lowest BCUT2D eigenvalue weighted by Gasteiger charge is -2.17. The second kappa shape index (κ2) is 5.16. The molecular weight excluding hydrogens is 236 g/mol. The number of rotatable bonds is 3. The standard InChI is InChI=1S/C10H11ClO5/c1-16-10(15)9(14)8(13)5-3-2-4-6(11)7(5)12/h2-4,8-9,12-14H,1H3. The number of benzene rings is 1. The molecule has 0 radical (unpaired) electrons. The van der Waals surface area contributed by atoms with E-state index in [4.69, 9.17) is 11.6 Å². The maximum atomic E-state index is 11.0. The lowest BCUT2D eigenvalue weighted by molar-refractivity contribution is -0.156. The van der Waals surface area contributed by atoms with Gasteiger partial charge in [-0.25, -0.2) is 4.79 Å². The normalized spacial score (nSPS) is 14.2. The SMILES string of the molecule is COC(=O)C(O)C(O)c1cccc(Cl)c1O. The summed E-state index contributed by atoms with van der Waals surface area (Å²) in [5, 5.41) is 28.5. The average molecular weight is 247 g/mol. The van der Waals surface area contributed by atoms with Crippen LogP contribution in [0.2, 0.25) is 5.02 Å². The van der Waals surface area contributed by atoms with Crippen molar-refractivity contribution in [2.24, 2.45) is 0 Å². The molecule has 0 aliphatic rings. The molecule has 0 heterocycles. The van der Waals surface area contributed by atoms with Gasteiger partial charge in [0.15, 0.2) is 6.10 Å². The first-order valence-electron chi connectivity index (χ1n) is 4.40. The van der Waals surface area contributed by atoms with Crippen LogP contribution in [0.3, 0.4) is 0 Å². The first-order valence-corrected chi connectivity index (χ1v) is 4.78. The summed E-state index contributed by atoms with van der Waals surface area (Å²) in [5.74, 6) is -1.37. The highest BCUT2D eigenvalue weighted by Gasteiger charge is 2.28. The number of aromatic hydroxyl groups is 1. The lowest BCUT2D eigenvalue weighted by Crippen LogP contribution is -2.29. The summed E-state index contributed by atoms with van der Waals surface area (Å²) >= 11 is 5.62. The molecule has 6 heteroatoms. The summed E-state index contributed by atoms with van der Waals surface area (Å²) in [6.07, 6.45) is -3.36. The van der Waals surface area contributed by atoms with Crippen molar-refractivity contribution in [1.29, 1.82) is 0 Å². The molecule has 16 heavy (non-hydrogen) atoms. The van der Waals surface area contributed by atoms with Gasteiger partial charge in [0, 0.05) is 5.56 Å². The number of phenols is 1. The minimum atomic E-state index is -1.77. The summed E-state index contributed by atoms with van der Waals surface area (Å²) < 4.78 is 4.26. The van der Waals surface area contributed by atoms with Crippen LogP contribution in [-0.2, 0) is 9.53 Å². The minimum Gasteiger partial charge on any atom is -0.506 e. The van der Waals surface area contributed by atoms with E-state index in [2.05, 4.69) is 4.74 Å².